The van der Waals surface area contributed by atoms with Crippen LogP contribution in [0.15, 0.2) is 109 Å². The van der Waals surface area contributed by atoms with Gasteiger partial charge in [-0.3, -0.25) is 4.79 Å². The molecule has 1 atom stereocenters. The van der Waals surface area contributed by atoms with E-state index < -0.39 is 23.8 Å². The second-order valence-corrected chi connectivity index (χ2v) is 7.72. The van der Waals surface area contributed by atoms with Gasteiger partial charge in [0.15, 0.2) is 0 Å². The summed E-state index contributed by atoms with van der Waals surface area (Å²) >= 11 is 0. The topological polar surface area (TPSA) is 81.7 Å². The third-order valence-corrected chi connectivity index (χ3v) is 5.57. The lowest BCUT2D eigenvalue weighted by molar-refractivity contribution is -0.137. The predicted octanol–water partition coefficient (Wildman–Crippen LogP) is 4.90. The van der Waals surface area contributed by atoms with Gasteiger partial charge in [0.2, 0.25) is 0 Å². The van der Waals surface area contributed by atoms with Crippen LogP contribution < -0.4 is 5.32 Å². The van der Waals surface area contributed by atoms with Crippen LogP contribution in [0.1, 0.15) is 33.8 Å². The van der Waals surface area contributed by atoms with Crippen LogP contribution >= 0.6 is 0 Å². The highest BCUT2D eigenvalue weighted by atomic mass is 16.5. The molecule has 0 aliphatic carbocycles. The number of amides is 1. The normalized spacial score (nSPS) is 12.1. The fourth-order valence-corrected chi connectivity index (χ4v) is 3.74. The smallest absolute Gasteiger partial charge is 0.354 e. The first kappa shape index (κ1) is 25.2. The molecule has 1 amide bonds. The zero-order valence-corrected chi connectivity index (χ0v) is 19.7. The van der Waals surface area contributed by atoms with Crippen molar-refractivity contribution in [3.8, 4) is 0 Å². The third-order valence-electron chi connectivity index (χ3n) is 5.57. The minimum Gasteiger partial charge on any atom is -0.466 e. The van der Waals surface area contributed by atoms with Crippen LogP contribution in [0, 0.1) is 0 Å². The zero-order chi connectivity index (χ0) is 25.2. The molecular formula is C29H27NO5. The van der Waals surface area contributed by atoms with Gasteiger partial charge in [0, 0.05) is 17.1 Å². The van der Waals surface area contributed by atoms with Gasteiger partial charge in [-0.1, -0.05) is 85.4 Å². The molecule has 0 fully saturated rings. The Morgan fingerprint density at radius 3 is 1.74 bits per heavy atom. The van der Waals surface area contributed by atoms with E-state index in [0.717, 1.165) is 5.56 Å². The van der Waals surface area contributed by atoms with E-state index in [2.05, 4.69) is 11.9 Å². The number of hydrogen-bond acceptors (Lipinski definition) is 5. The summed E-state index contributed by atoms with van der Waals surface area (Å²) in [7, 11) is 2.55. The average Bonchev–Trinajstić information content (AvgIpc) is 2.92. The Labute approximate surface area is 204 Å². The lowest BCUT2D eigenvalue weighted by atomic mass is 9.83. The molecule has 6 heteroatoms. The number of nitrogens with one attached hydrogen (secondary N) is 1. The van der Waals surface area contributed by atoms with Crippen molar-refractivity contribution < 1.29 is 23.9 Å². The van der Waals surface area contributed by atoms with Gasteiger partial charge in [-0.15, -0.1) is 0 Å². The standard InChI is InChI=1S/C29H27NO5/c1-20(28(32)34-2)24(21-13-7-4-8-14-21)19-25(22-15-9-5-10-16-22)26(29(33)35-3)30-27(31)23-17-11-6-12-18-23/h4-18,24H,1,19H2,2-3H3,(H,30,31)/b26-25-/t24-/m0/s1. The largest absolute Gasteiger partial charge is 0.466 e. The number of carbonyl (C=O) groups is 3. The van der Waals surface area contributed by atoms with Gasteiger partial charge in [0.25, 0.3) is 5.91 Å². The Bertz CT molecular complexity index is 1220. The molecule has 0 aliphatic heterocycles. The SMILES string of the molecule is C=C(C(=O)OC)[C@H](C/C(=C(/NC(=O)c1ccccc1)C(=O)OC)c1ccccc1)c1ccccc1. The minimum absolute atomic E-state index is 0.00819. The lowest BCUT2D eigenvalue weighted by Gasteiger charge is -2.23. The van der Waals surface area contributed by atoms with Gasteiger partial charge in [-0.2, -0.15) is 0 Å². The summed E-state index contributed by atoms with van der Waals surface area (Å²) in [6, 6.07) is 27.1. The van der Waals surface area contributed by atoms with Crippen LogP contribution in [-0.2, 0) is 19.1 Å². The Morgan fingerprint density at radius 1 is 0.743 bits per heavy atom. The molecule has 0 heterocycles. The van der Waals surface area contributed by atoms with Crippen LogP contribution in [0.5, 0.6) is 0 Å². The number of methoxy groups -OCH3 is 2. The van der Waals surface area contributed by atoms with Crippen molar-refractivity contribution in [2.24, 2.45) is 0 Å². The number of allylic oxidation sites excluding steroid dienone is 1. The van der Waals surface area contributed by atoms with Gasteiger partial charge < -0.3 is 14.8 Å². The highest BCUT2D eigenvalue weighted by Gasteiger charge is 2.28. The van der Waals surface area contributed by atoms with Crippen molar-refractivity contribution in [1.82, 2.24) is 5.32 Å². The Kier molecular flexibility index (Phi) is 8.73. The van der Waals surface area contributed by atoms with Crippen molar-refractivity contribution in [2.75, 3.05) is 14.2 Å². The van der Waals surface area contributed by atoms with Crippen LogP contribution in [-0.4, -0.2) is 32.1 Å². The molecule has 3 rings (SSSR count). The fraction of sp³-hybridized carbons (Fsp3) is 0.138. The molecule has 1 N–H and O–H groups in total. The highest BCUT2D eigenvalue weighted by Crippen LogP contribution is 2.36. The summed E-state index contributed by atoms with van der Waals surface area (Å²) in [5, 5.41) is 2.74. The molecule has 0 spiro atoms. The number of rotatable bonds is 9. The quantitative estimate of drug-likeness (QED) is 0.356. The van der Waals surface area contributed by atoms with E-state index in [4.69, 9.17) is 9.47 Å². The highest BCUT2D eigenvalue weighted by molar-refractivity contribution is 6.05. The molecule has 0 aromatic heterocycles. The molecule has 3 aromatic carbocycles. The molecule has 0 unspecified atom stereocenters. The summed E-state index contributed by atoms with van der Waals surface area (Å²) < 4.78 is 9.98. The van der Waals surface area contributed by atoms with E-state index in [-0.39, 0.29) is 17.7 Å². The maximum Gasteiger partial charge on any atom is 0.354 e. The molecule has 0 saturated heterocycles. The molecule has 178 valence electrons. The Morgan fingerprint density at radius 2 is 1.23 bits per heavy atom. The van der Waals surface area contributed by atoms with Gasteiger partial charge in [-0.05, 0) is 35.3 Å². The zero-order valence-electron chi connectivity index (χ0n) is 19.7. The van der Waals surface area contributed by atoms with Crippen LogP contribution in [0.25, 0.3) is 5.57 Å². The molecule has 3 aromatic rings. The fourth-order valence-electron chi connectivity index (χ4n) is 3.74. The van der Waals surface area contributed by atoms with Gasteiger partial charge in [0.05, 0.1) is 14.2 Å². The molecule has 6 nitrogen and oxygen atoms in total. The van der Waals surface area contributed by atoms with Crippen LogP contribution in [0.4, 0.5) is 0 Å². The van der Waals surface area contributed by atoms with Crippen LogP contribution in [0.2, 0.25) is 0 Å². The van der Waals surface area contributed by atoms with Crippen molar-refractivity contribution in [3.05, 3.63) is 126 Å². The van der Waals surface area contributed by atoms with E-state index in [1.165, 1.54) is 14.2 Å². The summed E-state index contributed by atoms with van der Waals surface area (Å²) in [4.78, 5) is 38.4. The van der Waals surface area contributed by atoms with E-state index in [0.29, 0.717) is 16.7 Å². The summed E-state index contributed by atoms with van der Waals surface area (Å²) in [5.74, 6) is -2.24. The van der Waals surface area contributed by atoms with E-state index in [9.17, 15) is 14.4 Å². The van der Waals surface area contributed by atoms with Crippen molar-refractivity contribution in [1.29, 1.82) is 0 Å². The maximum absolute atomic E-state index is 13.0. The summed E-state index contributed by atoms with van der Waals surface area (Å²) in [6.45, 7) is 3.98. The van der Waals surface area contributed by atoms with Crippen molar-refractivity contribution in [2.45, 2.75) is 12.3 Å². The first-order chi connectivity index (χ1) is 17.0. The average molecular weight is 470 g/mol. The van der Waals surface area contributed by atoms with Crippen LogP contribution in [0.3, 0.4) is 0 Å². The molecule has 0 aliphatic rings. The van der Waals surface area contributed by atoms with Gasteiger partial charge in [-0.25, -0.2) is 9.59 Å². The Hall–Kier alpha value is -4.45. The summed E-state index contributed by atoms with van der Waals surface area (Å²) in [6.07, 6.45) is 0.182. The van der Waals surface area contributed by atoms with Crippen molar-refractivity contribution in [3.63, 3.8) is 0 Å². The minimum atomic E-state index is -0.705. The number of esters is 2. The molecule has 0 saturated carbocycles. The molecule has 35 heavy (non-hydrogen) atoms. The number of benzene rings is 3. The van der Waals surface area contributed by atoms with E-state index >= 15 is 0 Å². The summed E-state index contributed by atoms with van der Waals surface area (Å²) in [5.41, 5.74) is 2.62. The van der Waals surface area contributed by atoms with E-state index in [1.54, 1.807) is 30.3 Å². The number of carbonyl (C=O) groups excluding carboxylic acids is 3. The lowest BCUT2D eigenvalue weighted by Crippen LogP contribution is -2.30. The number of hydrogen-bond donors (Lipinski definition) is 1. The van der Waals surface area contributed by atoms with Crippen molar-refractivity contribution >= 4 is 23.4 Å². The Balaban J connectivity index is 2.16. The maximum atomic E-state index is 13.0. The van der Waals surface area contributed by atoms with Gasteiger partial charge >= 0.3 is 11.9 Å². The molecular weight excluding hydrogens is 442 g/mol. The number of ether oxygens (including phenoxy) is 2. The second-order valence-electron chi connectivity index (χ2n) is 7.72. The molecule has 0 radical (unpaired) electrons. The first-order valence-corrected chi connectivity index (χ1v) is 11.0. The second kappa shape index (κ2) is 12.1. The first-order valence-electron chi connectivity index (χ1n) is 11.0. The third kappa shape index (κ3) is 6.32. The predicted molar refractivity (Wildman–Crippen MR) is 134 cm³/mol. The van der Waals surface area contributed by atoms with Gasteiger partial charge in [0.1, 0.15) is 5.70 Å². The molecule has 0 bridgehead atoms. The monoisotopic (exact) mass is 469 g/mol. The van der Waals surface area contributed by atoms with E-state index in [1.807, 2.05) is 60.7 Å².